The molecular weight excluding hydrogens is 304 g/mol. The molecule has 4 rings (SSSR count). The normalized spacial score (nSPS) is 20.4. The van der Waals surface area contributed by atoms with Crippen molar-refractivity contribution in [2.45, 2.75) is 26.3 Å². The van der Waals surface area contributed by atoms with Crippen LogP contribution in [0.25, 0.3) is 22.6 Å². The fraction of sp³-hybridized carbons (Fsp3) is 0.222. The minimum atomic E-state index is -0.114. The Balaban J connectivity index is 1.53. The number of ether oxygens (including phenoxy) is 1. The predicted octanol–water partition coefficient (Wildman–Crippen LogP) is 3.18. The highest BCUT2D eigenvalue weighted by atomic mass is 16.5. The average Bonchev–Trinajstić information content (AvgIpc) is 3.24. The Hall–Kier alpha value is -2.54. The van der Waals surface area contributed by atoms with Crippen LogP contribution in [0.1, 0.15) is 24.6 Å². The van der Waals surface area contributed by atoms with Gasteiger partial charge in [0.15, 0.2) is 0 Å². The van der Waals surface area contributed by atoms with Gasteiger partial charge in [0, 0.05) is 12.5 Å². The molecule has 1 fully saturated rings. The van der Waals surface area contributed by atoms with Crippen LogP contribution in [-0.2, 0) is 4.74 Å². The average molecular weight is 322 g/mol. The number of benzene rings is 2. The van der Waals surface area contributed by atoms with Gasteiger partial charge in [0.1, 0.15) is 12.5 Å². The first kappa shape index (κ1) is 15.0. The van der Waals surface area contributed by atoms with Gasteiger partial charge in [-0.3, -0.25) is 0 Å². The number of hydrazine groups is 1. The number of hydrogen-bond acceptors (Lipinski definition) is 6. The van der Waals surface area contributed by atoms with Gasteiger partial charge in [0.2, 0.25) is 11.8 Å². The minimum Gasteiger partial charge on any atom is -0.421 e. The fourth-order valence-corrected chi connectivity index (χ4v) is 2.70. The quantitative estimate of drug-likeness (QED) is 0.771. The van der Waals surface area contributed by atoms with Gasteiger partial charge in [0.25, 0.3) is 0 Å². The highest BCUT2D eigenvalue weighted by molar-refractivity contribution is 5.67. The second-order valence-corrected chi connectivity index (χ2v) is 5.77. The standard InChI is InChI=1S/C18H18N4O2/c1-11-19-21-17(23-11)15-7-3-13(4-8-15)14-5-9-16(10-6-14)18-22-20-12(2)24-18/h3-11,17,19,21H,1-2H3. The summed E-state index contributed by atoms with van der Waals surface area (Å²) in [5, 5.41) is 7.89. The van der Waals surface area contributed by atoms with Crippen LogP contribution < -0.4 is 10.9 Å². The maximum atomic E-state index is 5.71. The number of nitrogens with one attached hydrogen (secondary N) is 2. The summed E-state index contributed by atoms with van der Waals surface area (Å²) in [4.78, 5) is 0. The van der Waals surface area contributed by atoms with E-state index in [0.29, 0.717) is 11.8 Å². The third kappa shape index (κ3) is 2.94. The van der Waals surface area contributed by atoms with Crippen molar-refractivity contribution in [1.82, 2.24) is 21.0 Å². The van der Waals surface area contributed by atoms with E-state index in [4.69, 9.17) is 9.15 Å². The first-order chi connectivity index (χ1) is 11.7. The van der Waals surface area contributed by atoms with E-state index >= 15 is 0 Å². The summed E-state index contributed by atoms with van der Waals surface area (Å²) in [6.45, 7) is 3.75. The van der Waals surface area contributed by atoms with Crippen molar-refractivity contribution in [2.24, 2.45) is 0 Å². The Labute approximate surface area is 139 Å². The van der Waals surface area contributed by atoms with Crippen molar-refractivity contribution in [3.05, 3.63) is 60.0 Å². The van der Waals surface area contributed by atoms with Crippen LogP contribution >= 0.6 is 0 Å². The van der Waals surface area contributed by atoms with Crippen LogP contribution in [0, 0.1) is 6.92 Å². The first-order valence-electron chi connectivity index (χ1n) is 7.86. The number of rotatable bonds is 3. The van der Waals surface area contributed by atoms with Gasteiger partial charge in [-0.15, -0.1) is 10.2 Å². The van der Waals surface area contributed by atoms with Gasteiger partial charge in [0.05, 0.1) is 0 Å². The zero-order valence-electron chi connectivity index (χ0n) is 13.5. The molecule has 2 unspecified atom stereocenters. The molecule has 2 heterocycles. The molecular formula is C18H18N4O2. The largest absolute Gasteiger partial charge is 0.421 e. The predicted molar refractivity (Wildman–Crippen MR) is 89.5 cm³/mol. The van der Waals surface area contributed by atoms with E-state index in [0.717, 1.165) is 22.3 Å². The SMILES string of the molecule is Cc1nnc(-c2ccc(-c3ccc(C4NNC(C)O4)cc3)cc2)o1. The molecule has 0 aliphatic carbocycles. The molecule has 1 aliphatic rings. The Kier molecular flexibility index (Phi) is 3.86. The molecule has 0 bridgehead atoms. The molecule has 0 amide bonds. The molecule has 6 nitrogen and oxygen atoms in total. The maximum absolute atomic E-state index is 5.71. The van der Waals surface area contributed by atoms with Gasteiger partial charge in [-0.25, -0.2) is 10.9 Å². The van der Waals surface area contributed by atoms with Gasteiger partial charge >= 0.3 is 0 Å². The highest BCUT2D eigenvalue weighted by Gasteiger charge is 2.21. The molecule has 1 aromatic heterocycles. The fourth-order valence-electron chi connectivity index (χ4n) is 2.70. The summed E-state index contributed by atoms with van der Waals surface area (Å²) in [5.41, 5.74) is 10.4. The van der Waals surface area contributed by atoms with Crippen molar-refractivity contribution in [2.75, 3.05) is 0 Å². The van der Waals surface area contributed by atoms with E-state index in [-0.39, 0.29) is 12.5 Å². The van der Waals surface area contributed by atoms with Gasteiger partial charge in [-0.1, -0.05) is 36.4 Å². The smallest absolute Gasteiger partial charge is 0.247 e. The van der Waals surface area contributed by atoms with Crippen LogP contribution in [0.2, 0.25) is 0 Å². The van der Waals surface area contributed by atoms with Gasteiger partial charge in [-0.05, 0) is 35.7 Å². The summed E-state index contributed by atoms with van der Waals surface area (Å²) < 4.78 is 11.2. The van der Waals surface area contributed by atoms with Gasteiger partial charge < -0.3 is 9.15 Å². The molecule has 3 aromatic rings. The Morgan fingerprint density at radius 3 is 2.00 bits per heavy atom. The Bertz CT molecular complexity index is 827. The number of aryl methyl sites for hydroxylation is 1. The second-order valence-electron chi connectivity index (χ2n) is 5.77. The molecule has 2 aromatic carbocycles. The molecule has 2 atom stereocenters. The van der Waals surface area contributed by atoms with E-state index < -0.39 is 0 Å². The van der Waals surface area contributed by atoms with Crippen LogP contribution in [0.3, 0.4) is 0 Å². The van der Waals surface area contributed by atoms with Crippen molar-refractivity contribution < 1.29 is 9.15 Å². The third-order valence-corrected chi connectivity index (χ3v) is 3.96. The van der Waals surface area contributed by atoms with Crippen molar-refractivity contribution in [1.29, 1.82) is 0 Å². The molecule has 2 N–H and O–H groups in total. The molecule has 6 heteroatoms. The second kappa shape index (κ2) is 6.16. The minimum absolute atomic E-state index is 0.00978. The lowest BCUT2D eigenvalue weighted by Gasteiger charge is -2.11. The first-order valence-corrected chi connectivity index (χ1v) is 7.86. The topological polar surface area (TPSA) is 72.2 Å². The number of aromatic nitrogens is 2. The Morgan fingerprint density at radius 1 is 0.833 bits per heavy atom. The monoisotopic (exact) mass is 322 g/mol. The Morgan fingerprint density at radius 2 is 1.46 bits per heavy atom. The maximum Gasteiger partial charge on any atom is 0.247 e. The molecule has 0 spiro atoms. The summed E-state index contributed by atoms with van der Waals surface area (Å²) in [6, 6.07) is 16.4. The zero-order valence-corrected chi connectivity index (χ0v) is 13.5. The zero-order chi connectivity index (χ0) is 16.5. The number of hydrogen-bond donors (Lipinski definition) is 2. The van der Waals surface area contributed by atoms with Gasteiger partial charge in [-0.2, -0.15) is 0 Å². The summed E-state index contributed by atoms with van der Waals surface area (Å²) in [7, 11) is 0. The molecule has 24 heavy (non-hydrogen) atoms. The van der Waals surface area contributed by atoms with Crippen LogP contribution in [0.4, 0.5) is 0 Å². The van der Waals surface area contributed by atoms with E-state index in [1.165, 1.54) is 0 Å². The summed E-state index contributed by atoms with van der Waals surface area (Å²) in [5.74, 6) is 1.11. The third-order valence-electron chi connectivity index (χ3n) is 3.96. The lowest BCUT2D eigenvalue weighted by Crippen LogP contribution is -2.28. The molecule has 1 saturated heterocycles. The molecule has 1 aliphatic heterocycles. The van der Waals surface area contributed by atoms with Crippen molar-refractivity contribution in [3.8, 4) is 22.6 Å². The summed E-state index contributed by atoms with van der Waals surface area (Å²) in [6.07, 6.45) is -0.104. The molecule has 0 saturated carbocycles. The van der Waals surface area contributed by atoms with Crippen molar-refractivity contribution in [3.63, 3.8) is 0 Å². The van der Waals surface area contributed by atoms with Crippen LogP contribution in [0.15, 0.2) is 52.9 Å². The van der Waals surface area contributed by atoms with E-state index in [1.807, 2.05) is 19.1 Å². The van der Waals surface area contributed by atoms with Crippen molar-refractivity contribution >= 4 is 0 Å². The lowest BCUT2D eigenvalue weighted by atomic mass is 10.0. The number of nitrogens with zero attached hydrogens (tertiary/aromatic N) is 2. The van der Waals surface area contributed by atoms with Crippen LogP contribution in [0.5, 0.6) is 0 Å². The highest BCUT2D eigenvalue weighted by Crippen LogP contribution is 2.26. The molecule has 122 valence electrons. The van der Waals surface area contributed by atoms with E-state index in [1.54, 1.807) is 6.92 Å². The van der Waals surface area contributed by atoms with Crippen LogP contribution in [-0.4, -0.2) is 16.4 Å². The van der Waals surface area contributed by atoms with E-state index in [2.05, 4.69) is 57.4 Å². The lowest BCUT2D eigenvalue weighted by molar-refractivity contribution is 0.0457. The molecule has 0 radical (unpaired) electrons. The summed E-state index contributed by atoms with van der Waals surface area (Å²) >= 11 is 0. The van der Waals surface area contributed by atoms with E-state index in [9.17, 15) is 0 Å².